The molecule has 2 rings (SSSR count). The molecule has 0 radical (unpaired) electrons. The third-order valence-corrected chi connectivity index (χ3v) is 4.51. The molecule has 2 amide bonds. The molecule has 1 aromatic rings. The minimum atomic E-state index is -0.0603. The summed E-state index contributed by atoms with van der Waals surface area (Å²) in [7, 11) is 0. The molecule has 0 spiro atoms. The van der Waals surface area contributed by atoms with Crippen LogP contribution in [0.15, 0.2) is 24.3 Å². The SMILES string of the molecule is Cc1ccccc1C(C)(C)CNC(=O)NC1CCCCC1. The molecule has 0 atom stereocenters. The molecule has 116 valence electrons. The molecule has 21 heavy (non-hydrogen) atoms. The van der Waals surface area contributed by atoms with Crippen molar-refractivity contribution < 1.29 is 4.79 Å². The van der Waals surface area contributed by atoms with Gasteiger partial charge in [-0.3, -0.25) is 0 Å². The second-order valence-electron chi connectivity index (χ2n) is 6.86. The second-order valence-corrected chi connectivity index (χ2v) is 6.86. The van der Waals surface area contributed by atoms with Crippen molar-refractivity contribution in [2.75, 3.05) is 6.54 Å². The van der Waals surface area contributed by atoms with Crippen LogP contribution >= 0.6 is 0 Å². The summed E-state index contributed by atoms with van der Waals surface area (Å²) < 4.78 is 0. The van der Waals surface area contributed by atoms with Gasteiger partial charge in [-0.25, -0.2) is 4.79 Å². The number of carbonyl (C=O) groups is 1. The fraction of sp³-hybridized carbons (Fsp3) is 0.611. The number of amides is 2. The van der Waals surface area contributed by atoms with E-state index >= 15 is 0 Å². The van der Waals surface area contributed by atoms with Gasteiger partial charge in [-0.1, -0.05) is 57.4 Å². The van der Waals surface area contributed by atoms with Crippen LogP contribution in [-0.2, 0) is 5.41 Å². The normalized spacial score (nSPS) is 16.5. The zero-order valence-electron chi connectivity index (χ0n) is 13.5. The number of aryl methyl sites for hydroxylation is 1. The Kier molecular flexibility index (Phi) is 5.27. The lowest BCUT2D eigenvalue weighted by molar-refractivity contribution is 0.230. The number of hydrogen-bond acceptors (Lipinski definition) is 1. The van der Waals surface area contributed by atoms with E-state index in [1.54, 1.807) is 0 Å². The van der Waals surface area contributed by atoms with Crippen LogP contribution < -0.4 is 10.6 Å². The molecule has 0 saturated heterocycles. The van der Waals surface area contributed by atoms with Crippen molar-refractivity contribution in [3.63, 3.8) is 0 Å². The van der Waals surface area contributed by atoms with Gasteiger partial charge in [0.1, 0.15) is 0 Å². The van der Waals surface area contributed by atoms with E-state index < -0.39 is 0 Å². The molecule has 3 nitrogen and oxygen atoms in total. The summed E-state index contributed by atoms with van der Waals surface area (Å²) in [5, 5.41) is 6.15. The molecule has 3 heteroatoms. The smallest absolute Gasteiger partial charge is 0.315 e. The Hall–Kier alpha value is -1.51. The van der Waals surface area contributed by atoms with Gasteiger partial charge in [0.05, 0.1) is 0 Å². The Bertz CT molecular complexity index is 476. The van der Waals surface area contributed by atoms with E-state index in [2.05, 4.69) is 55.7 Å². The minimum absolute atomic E-state index is 0.0245. The van der Waals surface area contributed by atoms with E-state index in [4.69, 9.17) is 0 Å². The number of urea groups is 1. The number of rotatable bonds is 4. The van der Waals surface area contributed by atoms with E-state index in [9.17, 15) is 4.79 Å². The van der Waals surface area contributed by atoms with E-state index in [-0.39, 0.29) is 11.4 Å². The van der Waals surface area contributed by atoms with E-state index in [1.165, 1.54) is 30.4 Å². The number of hydrogen-bond donors (Lipinski definition) is 2. The summed E-state index contributed by atoms with van der Waals surface area (Å²) in [6.45, 7) is 7.13. The Morgan fingerprint density at radius 3 is 2.52 bits per heavy atom. The molecule has 2 N–H and O–H groups in total. The van der Waals surface area contributed by atoms with Crippen molar-refractivity contribution in [3.8, 4) is 0 Å². The first-order valence-electron chi connectivity index (χ1n) is 8.09. The van der Waals surface area contributed by atoms with Gasteiger partial charge in [0, 0.05) is 18.0 Å². The van der Waals surface area contributed by atoms with Crippen molar-refractivity contribution >= 4 is 6.03 Å². The first-order chi connectivity index (χ1) is 9.99. The van der Waals surface area contributed by atoms with Crippen LogP contribution in [0.3, 0.4) is 0 Å². The molecule has 1 fully saturated rings. The summed E-state index contributed by atoms with van der Waals surface area (Å²) in [4.78, 5) is 12.1. The highest BCUT2D eigenvalue weighted by Crippen LogP contribution is 2.25. The van der Waals surface area contributed by atoms with Crippen molar-refractivity contribution in [2.24, 2.45) is 0 Å². The fourth-order valence-corrected chi connectivity index (χ4v) is 3.21. The van der Waals surface area contributed by atoms with Gasteiger partial charge in [0.15, 0.2) is 0 Å². The van der Waals surface area contributed by atoms with Crippen LogP contribution in [-0.4, -0.2) is 18.6 Å². The van der Waals surface area contributed by atoms with Crippen molar-refractivity contribution in [2.45, 2.75) is 64.3 Å². The van der Waals surface area contributed by atoms with Crippen LogP contribution in [0.1, 0.15) is 57.1 Å². The molecule has 0 heterocycles. The molecule has 0 unspecified atom stereocenters. The lowest BCUT2D eigenvalue weighted by Crippen LogP contribution is -2.46. The van der Waals surface area contributed by atoms with Crippen LogP contribution in [0, 0.1) is 6.92 Å². The first-order valence-corrected chi connectivity index (χ1v) is 8.09. The largest absolute Gasteiger partial charge is 0.337 e. The maximum atomic E-state index is 12.1. The summed E-state index contributed by atoms with van der Waals surface area (Å²) in [6, 6.07) is 8.73. The summed E-state index contributed by atoms with van der Waals surface area (Å²) in [5.41, 5.74) is 2.51. The molecule has 1 aliphatic rings. The Labute approximate surface area is 128 Å². The summed E-state index contributed by atoms with van der Waals surface area (Å²) in [6.07, 6.45) is 6.02. The van der Waals surface area contributed by atoms with Crippen LogP contribution in [0.25, 0.3) is 0 Å². The molecule has 1 saturated carbocycles. The Morgan fingerprint density at radius 1 is 1.19 bits per heavy atom. The average molecular weight is 288 g/mol. The van der Waals surface area contributed by atoms with Crippen LogP contribution in [0.4, 0.5) is 4.79 Å². The maximum absolute atomic E-state index is 12.1. The summed E-state index contributed by atoms with van der Waals surface area (Å²) >= 11 is 0. The van der Waals surface area contributed by atoms with Gasteiger partial charge in [-0.15, -0.1) is 0 Å². The molecule has 1 aliphatic carbocycles. The molecule has 0 aromatic heterocycles. The molecular weight excluding hydrogens is 260 g/mol. The maximum Gasteiger partial charge on any atom is 0.315 e. The van der Waals surface area contributed by atoms with Gasteiger partial charge in [-0.2, -0.15) is 0 Å². The standard InChI is InChI=1S/C18H28N2O/c1-14-9-7-8-12-16(14)18(2,3)13-19-17(21)20-15-10-5-4-6-11-15/h7-9,12,15H,4-6,10-11,13H2,1-3H3,(H2,19,20,21). The number of carbonyl (C=O) groups excluding carboxylic acids is 1. The Balaban J connectivity index is 1.86. The summed E-state index contributed by atoms with van der Waals surface area (Å²) in [5.74, 6) is 0. The number of benzene rings is 1. The second kappa shape index (κ2) is 6.97. The highest BCUT2D eigenvalue weighted by atomic mass is 16.2. The van der Waals surface area contributed by atoms with E-state index in [1.807, 2.05) is 0 Å². The van der Waals surface area contributed by atoms with Gasteiger partial charge < -0.3 is 10.6 Å². The topological polar surface area (TPSA) is 41.1 Å². The van der Waals surface area contributed by atoms with E-state index in [0.29, 0.717) is 12.6 Å². The van der Waals surface area contributed by atoms with Gasteiger partial charge >= 0.3 is 6.03 Å². The fourth-order valence-electron chi connectivity index (χ4n) is 3.21. The van der Waals surface area contributed by atoms with Crippen molar-refractivity contribution in [1.29, 1.82) is 0 Å². The zero-order chi connectivity index (χ0) is 15.3. The minimum Gasteiger partial charge on any atom is -0.337 e. The van der Waals surface area contributed by atoms with Crippen molar-refractivity contribution in [1.82, 2.24) is 10.6 Å². The van der Waals surface area contributed by atoms with Crippen LogP contribution in [0.5, 0.6) is 0 Å². The average Bonchev–Trinajstić information content (AvgIpc) is 2.47. The molecule has 1 aromatic carbocycles. The van der Waals surface area contributed by atoms with Crippen molar-refractivity contribution in [3.05, 3.63) is 35.4 Å². The molecule has 0 aliphatic heterocycles. The zero-order valence-corrected chi connectivity index (χ0v) is 13.5. The molecule has 0 bridgehead atoms. The third kappa shape index (κ3) is 4.48. The van der Waals surface area contributed by atoms with Crippen LogP contribution in [0.2, 0.25) is 0 Å². The monoisotopic (exact) mass is 288 g/mol. The predicted molar refractivity (Wildman–Crippen MR) is 87.6 cm³/mol. The Morgan fingerprint density at radius 2 is 1.86 bits per heavy atom. The number of nitrogens with one attached hydrogen (secondary N) is 2. The first kappa shape index (κ1) is 15.9. The highest BCUT2D eigenvalue weighted by molar-refractivity contribution is 5.74. The van der Waals surface area contributed by atoms with Gasteiger partial charge in [0.2, 0.25) is 0 Å². The van der Waals surface area contributed by atoms with E-state index in [0.717, 1.165) is 12.8 Å². The third-order valence-electron chi connectivity index (χ3n) is 4.51. The quantitative estimate of drug-likeness (QED) is 0.866. The predicted octanol–water partition coefficient (Wildman–Crippen LogP) is 3.90. The lowest BCUT2D eigenvalue weighted by atomic mass is 9.82. The lowest BCUT2D eigenvalue weighted by Gasteiger charge is -2.28. The van der Waals surface area contributed by atoms with Gasteiger partial charge in [-0.05, 0) is 30.9 Å². The van der Waals surface area contributed by atoms with Gasteiger partial charge in [0.25, 0.3) is 0 Å². The molecular formula is C18H28N2O. The highest BCUT2D eigenvalue weighted by Gasteiger charge is 2.23.